The van der Waals surface area contributed by atoms with Crippen LogP contribution >= 0.6 is 0 Å². The number of unbranched alkanes of at least 4 members (excludes halogenated alkanes) is 4. The summed E-state index contributed by atoms with van der Waals surface area (Å²) in [6.45, 7) is 7.58. The maximum absolute atomic E-state index is 3.62. The minimum absolute atomic E-state index is 0.834. The highest BCUT2D eigenvalue weighted by Gasteiger charge is 2.35. The third kappa shape index (κ3) is 3.18. The van der Waals surface area contributed by atoms with E-state index in [1.807, 2.05) is 0 Å². The molecule has 2 aliphatic heterocycles. The summed E-state index contributed by atoms with van der Waals surface area (Å²) >= 11 is 0. The first kappa shape index (κ1) is 11.4. The predicted octanol–water partition coefficient (Wildman–Crippen LogP) is 2.25. The van der Waals surface area contributed by atoms with Crippen molar-refractivity contribution in [3.05, 3.63) is 0 Å². The van der Waals surface area contributed by atoms with Gasteiger partial charge in [0.1, 0.15) is 0 Å². The smallest absolute Gasteiger partial charge is 0.0235 e. The van der Waals surface area contributed by atoms with Crippen LogP contribution in [0.25, 0.3) is 0 Å². The van der Waals surface area contributed by atoms with Gasteiger partial charge in [-0.05, 0) is 31.8 Å². The lowest BCUT2D eigenvalue weighted by molar-refractivity contribution is 0.305. The van der Waals surface area contributed by atoms with Crippen molar-refractivity contribution in [2.75, 3.05) is 26.2 Å². The van der Waals surface area contributed by atoms with Gasteiger partial charge in [-0.1, -0.05) is 32.6 Å². The summed E-state index contributed by atoms with van der Waals surface area (Å²) in [4.78, 5) is 2.67. The largest absolute Gasteiger partial charge is 0.312 e. The van der Waals surface area contributed by atoms with Crippen molar-refractivity contribution in [1.29, 1.82) is 0 Å². The molecule has 0 aliphatic carbocycles. The summed E-state index contributed by atoms with van der Waals surface area (Å²) in [5.41, 5.74) is 0. The highest BCUT2D eigenvalue weighted by molar-refractivity contribution is 4.93. The fourth-order valence-electron chi connectivity index (χ4n) is 3.06. The van der Waals surface area contributed by atoms with Crippen molar-refractivity contribution in [1.82, 2.24) is 10.2 Å². The van der Waals surface area contributed by atoms with E-state index in [-0.39, 0.29) is 0 Å². The molecule has 0 unspecified atom stereocenters. The van der Waals surface area contributed by atoms with Crippen LogP contribution in [-0.4, -0.2) is 37.1 Å². The Kier molecular flexibility index (Phi) is 4.45. The summed E-state index contributed by atoms with van der Waals surface area (Å²) < 4.78 is 0. The summed E-state index contributed by atoms with van der Waals surface area (Å²) in [7, 11) is 0. The van der Waals surface area contributed by atoms with Crippen molar-refractivity contribution in [2.45, 2.75) is 51.5 Å². The second kappa shape index (κ2) is 5.86. The van der Waals surface area contributed by atoms with Crippen molar-refractivity contribution >= 4 is 0 Å². The van der Waals surface area contributed by atoms with E-state index in [2.05, 4.69) is 17.1 Å². The number of nitrogens with zero attached hydrogens (tertiary/aromatic N) is 1. The number of nitrogens with one attached hydrogen (secondary N) is 1. The zero-order valence-corrected chi connectivity index (χ0v) is 10.2. The molecule has 2 heterocycles. The van der Waals surface area contributed by atoms with Crippen LogP contribution < -0.4 is 5.32 Å². The van der Waals surface area contributed by atoms with Gasteiger partial charge in [0.05, 0.1) is 0 Å². The predicted molar refractivity (Wildman–Crippen MR) is 65.1 cm³/mol. The minimum Gasteiger partial charge on any atom is -0.312 e. The molecule has 2 heteroatoms. The molecule has 0 amide bonds. The van der Waals surface area contributed by atoms with Crippen molar-refractivity contribution in [3.63, 3.8) is 0 Å². The van der Waals surface area contributed by atoms with E-state index < -0.39 is 0 Å². The molecule has 0 aromatic heterocycles. The molecule has 2 saturated heterocycles. The quantitative estimate of drug-likeness (QED) is 0.676. The van der Waals surface area contributed by atoms with Gasteiger partial charge in [-0.2, -0.15) is 0 Å². The van der Waals surface area contributed by atoms with Crippen LogP contribution in [0.2, 0.25) is 0 Å². The summed E-state index contributed by atoms with van der Waals surface area (Å²) in [6.07, 6.45) is 8.49. The van der Waals surface area contributed by atoms with Crippen LogP contribution in [0, 0.1) is 5.92 Å². The van der Waals surface area contributed by atoms with Gasteiger partial charge >= 0.3 is 0 Å². The molecule has 1 N–H and O–H groups in total. The van der Waals surface area contributed by atoms with E-state index in [0.717, 1.165) is 12.0 Å². The average Bonchev–Trinajstić information content (AvgIpc) is 2.77. The van der Waals surface area contributed by atoms with E-state index >= 15 is 0 Å². The molecule has 2 atom stereocenters. The van der Waals surface area contributed by atoms with E-state index in [9.17, 15) is 0 Å². The monoisotopic (exact) mass is 210 g/mol. The van der Waals surface area contributed by atoms with Crippen molar-refractivity contribution < 1.29 is 0 Å². The second-order valence-electron chi connectivity index (χ2n) is 5.28. The Bertz CT molecular complexity index is 169. The molecule has 0 saturated carbocycles. The number of hydrogen-bond acceptors (Lipinski definition) is 2. The Hall–Kier alpha value is -0.0800. The molecule has 0 bridgehead atoms. The van der Waals surface area contributed by atoms with Crippen LogP contribution in [0.4, 0.5) is 0 Å². The molecule has 0 aromatic rings. The SMILES string of the molecule is CCCCCCCN1C[C@@H]2CCN[C@@H]2C1. The molecule has 15 heavy (non-hydrogen) atoms. The van der Waals surface area contributed by atoms with Crippen LogP contribution in [0.5, 0.6) is 0 Å². The minimum atomic E-state index is 0.834. The highest BCUT2D eigenvalue weighted by atomic mass is 15.2. The third-order valence-electron chi connectivity index (χ3n) is 4.02. The number of fused-ring (bicyclic) bond motifs is 1. The number of likely N-dealkylation sites (tertiary alicyclic amines) is 1. The normalized spacial score (nSPS) is 31.0. The Morgan fingerprint density at radius 1 is 1.13 bits per heavy atom. The van der Waals surface area contributed by atoms with Gasteiger partial charge in [-0.25, -0.2) is 0 Å². The molecule has 2 fully saturated rings. The van der Waals surface area contributed by atoms with E-state index in [4.69, 9.17) is 0 Å². The molecule has 0 aromatic carbocycles. The summed E-state index contributed by atoms with van der Waals surface area (Å²) in [5, 5.41) is 3.62. The Morgan fingerprint density at radius 2 is 2.00 bits per heavy atom. The molecule has 88 valence electrons. The van der Waals surface area contributed by atoms with Crippen molar-refractivity contribution in [3.8, 4) is 0 Å². The zero-order valence-electron chi connectivity index (χ0n) is 10.2. The molecular weight excluding hydrogens is 184 g/mol. The lowest BCUT2D eigenvalue weighted by atomic mass is 10.1. The van der Waals surface area contributed by atoms with Crippen LogP contribution in [-0.2, 0) is 0 Å². The fourth-order valence-corrected chi connectivity index (χ4v) is 3.06. The van der Waals surface area contributed by atoms with E-state index in [1.54, 1.807) is 0 Å². The molecular formula is C13H26N2. The maximum atomic E-state index is 3.62. The van der Waals surface area contributed by atoms with E-state index in [0.29, 0.717) is 0 Å². The zero-order chi connectivity index (χ0) is 10.5. The number of hydrogen-bond donors (Lipinski definition) is 1. The molecule has 0 spiro atoms. The highest BCUT2D eigenvalue weighted by Crippen LogP contribution is 2.24. The number of rotatable bonds is 6. The maximum Gasteiger partial charge on any atom is 0.0235 e. The topological polar surface area (TPSA) is 15.3 Å². The Morgan fingerprint density at radius 3 is 2.80 bits per heavy atom. The molecule has 2 aliphatic rings. The third-order valence-corrected chi connectivity index (χ3v) is 4.02. The van der Waals surface area contributed by atoms with Crippen molar-refractivity contribution in [2.24, 2.45) is 5.92 Å². The Balaban J connectivity index is 1.53. The first-order valence-electron chi connectivity index (χ1n) is 6.86. The molecule has 0 radical (unpaired) electrons. The van der Waals surface area contributed by atoms with Gasteiger partial charge in [0.15, 0.2) is 0 Å². The van der Waals surface area contributed by atoms with Crippen LogP contribution in [0.3, 0.4) is 0 Å². The molecule has 2 rings (SSSR count). The standard InChI is InChI=1S/C13H26N2/c1-2-3-4-5-6-9-15-10-12-7-8-14-13(12)11-15/h12-14H,2-11H2,1H3/t12-,13+/m0/s1. The van der Waals surface area contributed by atoms with Gasteiger partial charge in [-0.15, -0.1) is 0 Å². The summed E-state index contributed by atoms with van der Waals surface area (Å²) in [6, 6.07) is 0.834. The Labute approximate surface area is 94.4 Å². The van der Waals surface area contributed by atoms with E-state index in [1.165, 1.54) is 64.7 Å². The average molecular weight is 210 g/mol. The lowest BCUT2D eigenvalue weighted by Gasteiger charge is -2.16. The van der Waals surface area contributed by atoms with Gasteiger partial charge < -0.3 is 10.2 Å². The van der Waals surface area contributed by atoms with Gasteiger partial charge in [0, 0.05) is 19.1 Å². The second-order valence-corrected chi connectivity index (χ2v) is 5.28. The fraction of sp³-hybridized carbons (Fsp3) is 1.00. The van der Waals surface area contributed by atoms with Crippen LogP contribution in [0.1, 0.15) is 45.4 Å². The van der Waals surface area contributed by atoms with Crippen LogP contribution in [0.15, 0.2) is 0 Å². The first-order chi connectivity index (χ1) is 7.40. The lowest BCUT2D eigenvalue weighted by Crippen LogP contribution is -2.30. The summed E-state index contributed by atoms with van der Waals surface area (Å²) in [5.74, 6) is 0.973. The van der Waals surface area contributed by atoms with Gasteiger partial charge in [0.2, 0.25) is 0 Å². The van der Waals surface area contributed by atoms with Gasteiger partial charge in [-0.3, -0.25) is 0 Å². The first-order valence-corrected chi connectivity index (χ1v) is 6.86. The van der Waals surface area contributed by atoms with Gasteiger partial charge in [0.25, 0.3) is 0 Å². The molecule has 2 nitrogen and oxygen atoms in total.